The Labute approximate surface area is 186 Å². The molecule has 3 aromatic rings. The van der Waals surface area contributed by atoms with E-state index in [2.05, 4.69) is 5.10 Å². The van der Waals surface area contributed by atoms with E-state index in [0.717, 1.165) is 10.2 Å². The van der Waals surface area contributed by atoms with Crippen molar-refractivity contribution in [1.29, 1.82) is 0 Å². The summed E-state index contributed by atoms with van der Waals surface area (Å²) in [5.41, 5.74) is 1.44. The first-order chi connectivity index (χ1) is 15.4. The van der Waals surface area contributed by atoms with Crippen LogP contribution in [-0.4, -0.2) is 48.8 Å². The third-order valence-corrected chi connectivity index (χ3v) is 7.14. The van der Waals surface area contributed by atoms with Crippen molar-refractivity contribution in [2.45, 2.75) is 19.0 Å². The van der Waals surface area contributed by atoms with Crippen LogP contribution in [0.25, 0.3) is 11.3 Å². The van der Waals surface area contributed by atoms with Gasteiger partial charge >= 0.3 is 0 Å². The smallest absolute Gasteiger partial charge is 0.267 e. The largest absolute Gasteiger partial charge is 0.497 e. The summed E-state index contributed by atoms with van der Waals surface area (Å²) in [5.74, 6) is 0.198. The van der Waals surface area contributed by atoms with Crippen LogP contribution in [0.5, 0.6) is 5.75 Å². The standard InChI is InChI=1S/C23H23N3O5S/c1-31-20-9-5-6-17(14-20)21-10-11-22(27)25(24-21)15-23(28)26(18-7-3-2-4-8-18)19-12-13-32(29,30)16-19/h2-11,14,19H,12-13,15-16H2,1H3. The van der Waals surface area contributed by atoms with E-state index in [9.17, 15) is 18.0 Å². The highest BCUT2D eigenvalue weighted by Gasteiger charge is 2.35. The monoisotopic (exact) mass is 453 g/mol. The van der Waals surface area contributed by atoms with Crippen LogP contribution in [0.2, 0.25) is 0 Å². The molecule has 0 bridgehead atoms. The highest BCUT2D eigenvalue weighted by atomic mass is 32.2. The molecule has 1 aromatic heterocycles. The molecule has 1 atom stereocenters. The zero-order valence-corrected chi connectivity index (χ0v) is 18.4. The molecule has 0 N–H and O–H groups in total. The number of sulfone groups is 1. The van der Waals surface area contributed by atoms with E-state index >= 15 is 0 Å². The number of carbonyl (C=O) groups is 1. The zero-order valence-electron chi connectivity index (χ0n) is 17.5. The topological polar surface area (TPSA) is 98.6 Å². The second kappa shape index (κ2) is 8.96. The fourth-order valence-corrected chi connectivity index (χ4v) is 5.53. The third-order valence-electron chi connectivity index (χ3n) is 5.39. The Kier molecular flexibility index (Phi) is 6.09. The first kappa shape index (κ1) is 21.8. The Morgan fingerprint density at radius 2 is 1.91 bits per heavy atom. The minimum atomic E-state index is -3.20. The molecule has 0 saturated carbocycles. The van der Waals surface area contributed by atoms with E-state index < -0.39 is 27.3 Å². The molecule has 9 heteroatoms. The Morgan fingerprint density at radius 3 is 2.59 bits per heavy atom. The number of benzene rings is 2. The van der Waals surface area contributed by atoms with Crippen LogP contribution >= 0.6 is 0 Å². The first-order valence-corrected chi connectivity index (χ1v) is 12.0. The molecule has 0 spiro atoms. The van der Waals surface area contributed by atoms with Gasteiger partial charge in [0.15, 0.2) is 9.84 Å². The van der Waals surface area contributed by atoms with Gasteiger partial charge in [0.2, 0.25) is 5.91 Å². The number of para-hydroxylation sites is 1. The predicted molar refractivity (Wildman–Crippen MR) is 121 cm³/mol. The maximum absolute atomic E-state index is 13.3. The molecule has 1 saturated heterocycles. The van der Waals surface area contributed by atoms with Crippen molar-refractivity contribution < 1.29 is 17.9 Å². The van der Waals surface area contributed by atoms with E-state index in [0.29, 0.717) is 23.6 Å². The van der Waals surface area contributed by atoms with Crippen molar-refractivity contribution in [2.75, 3.05) is 23.5 Å². The lowest BCUT2D eigenvalue weighted by atomic mass is 10.1. The minimum absolute atomic E-state index is 0.0395. The highest BCUT2D eigenvalue weighted by molar-refractivity contribution is 7.91. The molecule has 1 fully saturated rings. The number of carbonyl (C=O) groups excluding carboxylic acids is 1. The van der Waals surface area contributed by atoms with Crippen LogP contribution in [0.15, 0.2) is 71.5 Å². The average Bonchev–Trinajstić information content (AvgIpc) is 3.15. The van der Waals surface area contributed by atoms with Crippen LogP contribution in [0.3, 0.4) is 0 Å². The highest BCUT2D eigenvalue weighted by Crippen LogP contribution is 2.25. The summed E-state index contributed by atoms with van der Waals surface area (Å²) >= 11 is 0. The van der Waals surface area contributed by atoms with Crippen molar-refractivity contribution in [1.82, 2.24) is 9.78 Å². The Balaban J connectivity index is 1.65. The number of ether oxygens (including phenoxy) is 1. The Hall–Kier alpha value is -3.46. The summed E-state index contributed by atoms with van der Waals surface area (Å²) in [6, 6.07) is 18.6. The summed E-state index contributed by atoms with van der Waals surface area (Å²) in [6.45, 7) is -0.303. The van der Waals surface area contributed by atoms with Gasteiger partial charge in [0.1, 0.15) is 12.3 Å². The number of anilines is 1. The van der Waals surface area contributed by atoms with Crippen LogP contribution in [0, 0.1) is 0 Å². The number of hydrogen-bond donors (Lipinski definition) is 0. The molecule has 0 aliphatic carbocycles. The summed E-state index contributed by atoms with van der Waals surface area (Å²) < 4.78 is 30.5. The van der Waals surface area contributed by atoms with Gasteiger partial charge in [0.25, 0.3) is 5.56 Å². The molecule has 1 aliphatic rings. The lowest BCUT2D eigenvalue weighted by Gasteiger charge is -2.28. The molecule has 166 valence electrons. The number of methoxy groups -OCH3 is 1. The average molecular weight is 454 g/mol. The lowest BCUT2D eigenvalue weighted by molar-refractivity contribution is -0.119. The van der Waals surface area contributed by atoms with Gasteiger partial charge in [-0.15, -0.1) is 0 Å². The predicted octanol–water partition coefficient (Wildman–Crippen LogP) is 2.14. The quantitative estimate of drug-likeness (QED) is 0.567. The molecule has 2 aromatic carbocycles. The van der Waals surface area contributed by atoms with Gasteiger partial charge in [0, 0.05) is 17.3 Å². The molecular formula is C23H23N3O5S. The summed E-state index contributed by atoms with van der Waals surface area (Å²) in [5, 5.41) is 4.37. The van der Waals surface area contributed by atoms with Crippen molar-refractivity contribution in [2.24, 2.45) is 0 Å². The van der Waals surface area contributed by atoms with E-state index in [-0.39, 0.29) is 18.1 Å². The molecule has 0 radical (unpaired) electrons. The van der Waals surface area contributed by atoms with E-state index in [1.807, 2.05) is 18.2 Å². The minimum Gasteiger partial charge on any atom is -0.497 e. The molecule has 1 amide bonds. The normalized spacial score (nSPS) is 17.1. The van der Waals surface area contributed by atoms with Crippen molar-refractivity contribution in [3.8, 4) is 17.0 Å². The van der Waals surface area contributed by atoms with E-state index in [4.69, 9.17) is 4.74 Å². The van der Waals surface area contributed by atoms with Crippen LogP contribution in [0.1, 0.15) is 6.42 Å². The molecular weight excluding hydrogens is 430 g/mol. The maximum Gasteiger partial charge on any atom is 0.267 e. The number of amides is 1. The van der Waals surface area contributed by atoms with E-state index in [1.54, 1.807) is 49.6 Å². The number of hydrogen-bond acceptors (Lipinski definition) is 6. The summed E-state index contributed by atoms with van der Waals surface area (Å²) in [6.07, 6.45) is 0.356. The van der Waals surface area contributed by atoms with Gasteiger partial charge in [-0.05, 0) is 36.8 Å². The van der Waals surface area contributed by atoms with Gasteiger partial charge in [-0.1, -0.05) is 30.3 Å². The Bertz CT molecular complexity index is 1290. The first-order valence-electron chi connectivity index (χ1n) is 10.2. The summed E-state index contributed by atoms with van der Waals surface area (Å²) in [4.78, 5) is 27.3. The fourth-order valence-electron chi connectivity index (χ4n) is 3.83. The Morgan fingerprint density at radius 1 is 1.12 bits per heavy atom. The second-order valence-corrected chi connectivity index (χ2v) is 9.83. The zero-order chi connectivity index (χ0) is 22.7. The van der Waals surface area contributed by atoms with Gasteiger partial charge in [-0.3, -0.25) is 9.59 Å². The molecule has 8 nitrogen and oxygen atoms in total. The SMILES string of the molecule is COc1cccc(-c2ccc(=O)n(CC(=O)N(c3ccccc3)C3CCS(=O)(=O)C3)n2)c1. The van der Waals surface area contributed by atoms with Gasteiger partial charge in [-0.25, -0.2) is 13.1 Å². The van der Waals surface area contributed by atoms with Crippen molar-refractivity contribution >= 4 is 21.4 Å². The van der Waals surface area contributed by atoms with Crippen LogP contribution in [0.4, 0.5) is 5.69 Å². The van der Waals surface area contributed by atoms with Crippen molar-refractivity contribution in [3.05, 3.63) is 77.1 Å². The van der Waals surface area contributed by atoms with Gasteiger partial charge < -0.3 is 9.64 Å². The molecule has 1 aliphatic heterocycles. The number of aromatic nitrogens is 2. The third kappa shape index (κ3) is 4.72. The maximum atomic E-state index is 13.3. The molecule has 4 rings (SSSR count). The van der Waals surface area contributed by atoms with Gasteiger partial charge in [0.05, 0.1) is 30.4 Å². The number of nitrogens with zero attached hydrogens (tertiary/aromatic N) is 3. The second-order valence-electron chi connectivity index (χ2n) is 7.60. The summed E-state index contributed by atoms with van der Waals surface area (Å²) in [7, 11) is -1.64. The molecule has 2 heterocycles. The molecule has 1 unspecified atom stereocenters. The van der Waals surface area contributed by atoms with Gasteiger partial charge in [-0.2, -0.15) is 5.10 Å². The fraction of sp³-hybridized carbons (Fsp3) is 0.261. The lowest BCUT2D eigenvalue weighted by Crippen LogP contribution is -2.44. The van der Waals surface area contributed by atoms with E-state index in [1.165, 1.54) is 11.0 Å². The molecule has 32 heavy (non-hydrogen) atoms. The van der Waals surface area contributed by atoms with Crippen LogP contribution in [-0.2, 0) is 21.2 Å². The van der Waals surface area contributed by atoms with Crippen LogP contribution < -0.4 is 15.2 Å². The van der Waals surface area contributed by atoms with Crippen molar-refractivity contribution in [3.63, 3.8) is 0 Å². The number of rotatable bonds is 6.